The van der Waals surface area contributed by atoms with E-state index in [0.29, 0.717) is 25.9 Å². The highest BCUT2D eigenvalue weighted by atomic mass is 32.1. The van der Waals surface area contributed by atoms with Crippen LogP contribution in [0, 0.1) is 5.92 Å². The molecule has 0 aliphatic carbocycles. The summed E-state index contributed by atoms with van der Waals surface area (Å²) in [4.78, 5) is 32.8. The summed E-state index contributed by atoms with van der Waals surface area (Å²) in [6.07, 6.45) is 1.43. The summed E-state index contributed by atoms with van der Waals surface area (Å²) in [7, 11) is 0. The minimum absolute atomic E-state index is 0.0399. The van der Waals surface area contributed by atoms with Crippen molar-refractivity contribution in [2.75, 3.05) is 51.1 Å². The summed E-state index contributed by atoms with van der Waals surface area (Å²) in [5.41, 5.74) is 2.13. The number of nitrogens with one attached hydrogen (secondary N) is 1. The fraction of sp³-hybridized carbons (Fsp3) is 0.500. The van der Waals surface area contributed by atoms with Gasteiger partial charge in [-0.05, 0) is 48.5 Å². The summed E-state index contributed by atoms with van der Waals surface area (Å²) in [6, 6.07) is 12.0. The molecule has 0 saturated carbocycles. The van der Waals surface area contributed by atoms with E-state index in [1.54, 1.807) is 0 Å². The molecule has 0 unspecified atom stereocenters. The predicted octanol–water partition coefficient (Wildman–Crippen LogP) is 3.38. The van der Waals surface area contributed by atoms with Gasteiger partial charge in [0.1, 0.15) is 0 Å². The van der Waals surface area contributed by atoms with E-state index < -0.39 is 0 Å². The third-order valence-electron chi connectivity index (χ3n) is 6.42. The quantitative estimate of drug-likeness (QED) is 0.748. The molecule has 0 bridgehead atoms. The molecule has 0 radical (unpaired) electrons. The van der Waals surface area contributed by atoms with Crippen molar-refractivity contribution in [3.8, 4) is 0 Å². The lowest BCUT2D eigenvalue weighted by molar-refractivity contribution is -0.121. The Labute approximate surface area is 188 Å². The summed E-state index contributed by atoms with van der Waals surface area (Å²) in [5, 5.41) is 4.99. The van der Waals surface area contributed by atoms with E-state index in [1.807, 2.05) is 34.5 Å². The average Bonchev–Trinajstić information content (AvgIpc) is 3.35. The van der Waals surface area contributed by atoms with Gasteiger partial charge >= 0.3 is 0 Å². The van der Waals surface area contributed by atoms with E-state index in [4.69, 9.17) is 0 Å². The van der Waals surface area contributed by atoms with Gasteiger partial charge < -0.3 is 15.1 Å². The second-order valence-electron chi connectivity index (χ2n) is 8.44. The summed E-state index contributed by atoms with van der Waals surface area (Å²) >= 11 is 1.47. The molecule has 166 valence electrons. The molecule has 2 aromatic rings. The zero-order valence-corrected chi connectivity index (χ0v) is 19.1. The molecule has 7 heteroatoms. The number of hydrogen-bond acceptors (Lipinski definition) is 5. The Kier molecular flexibility index (Phi) is 7.37. The monoisotopic (exact) mass is 440 g/mol. The van der Waals surface area contributed by atoms with Crippen LogP contribution in [0.2, 0.25) is 0 Å². The molecule has 4 rings (SSSR count). The highest BCUT2D eigenvalue weighted by molar-refractivity contribution is 7.12. The van der Waals surface area contributed by atoms with E-state index in [1.165, 1.54) is 16.9 Å². The average molecular weight is 441 g/mol. The Morgan fingerprint density at radius 1 is 0.968 bits per heavy atom. The lowest BCUT2D eigenvalue weighted by atomic mass is 9.95. The molecule has 2 fully saturated rings. The third kappa shape index (κ3) is 5.73. The van der Waals surface area contributed by atoms with Crippen molar-refractivity contribution < 1.29 is 9.59 Å². The minimum Gasteiger partial charge on any atom is -0.338 e. The van der Waals surface area contributed by atoms with Crippen molar-refractivity contribution in [3.05, 3.63) is 52.2 Å². The maximum atomic E-state index is 12.7. The number of benzene rings is 1. The third-order valence-corrected chi connectivity index (χ3v) is 7.28. The highest BCUT2D eigenvalue weighted by Gasteiger charge is 2.28. The molecule has 3 heterocycles. The molecule has 0 atom stereocenters. The normalized spacial score (nSPS) is 18.8. The van der Waals surface area contributed by atoms with Crippen molar-refractivity contribution >= 4 is 28.8 Å². The van der Waals surface area contributed by atoms with Crippen LogP contribution in [0.4, 0.5) is 5.69 Å². The summed E-state index contributed by atoms with van der Waals surface area (Å²) in [6.45, 7) is 10.1. The van der Waals surface area contributed by atoms with Crippen LogP contribution in [0.25, 0.3) is 0 Å². The zero-order chi connectivity index (χ0) is 21.6. The van der Waals surface area contributed by atoms with Crippen LogP contribution >= 0.6 is 11.3 Å². The number of carbonyl (C=O) groups excluding carboxylic acids is 2. The first-order valence-corrected chi connectivity index (χ1v) is 12.2. The van der Waals surface area contributed by atoms with E-state index in [9.17, 15) is 9.59 Å². The fourth-order valence-corrected chi connectivity index (χ4v) is 5.05. The van der Waals surface area contributed by atoms with Gasteiger partial charge in [0.2, 0.25) is 5.91 Å². The van der Waals surface area contributed by atoms with Crippen molar-refractivity contribution in [1.29, 1.82) is 0 Å². The predicted molar refractivity (Wildman–Crippen MR) is 125 cm³/mol. The molecule has 1 aromatic heterocycles. The van der Waals surface area contributed by atoms with Crippen LogP contribution in [0.15, 0.2) is 41.8 Å². The number of likely N-dealkylation sites (tertiary alicyclic amines) is 1. The van der Waals surface area contributed by atoms with Gasteiger partial charge in [0.05, 0.1) is 4.88 Å². The van der Waals surface area contributed by atoms with Crippen molar-refractivity contribution in [2.45, 2.75) is 26.3 Å². The van der Waals surface area contributed by atoms with Gasteiger partial charge in [-0.3, -0.25) is 14.5 Å². The second-order valence-corrected chi connectivity index (χ2v) is 9.39. The number of rotatable bonds is 6. The van der Waals surface area contributed by atoms with Gasteiger partial charge in [-0.2, -0.15) is 0 Å². The number of amides is 2. The van der Waals surface area contributed by atoms with E-state index in [0.717, 1.165) is 49.8 Å². The molecule has 2 aliphatic heterocycles. The first-order valence-electron chi connectivity index (χ1n) is 11.3. The molecule has 31 heavy (non-hydrogen) atoms. The molecule has 6 nitrogen and oxygen atoms in total. The van der Waals surface area contributed by atoms with Gasteiger partial charge in [-0.15, -0.1) is 11.3 Å². The maximum absolute atomic E-state index is 12.7. The summed E-state index contributed by atoms with van der Waals surface area (Å²) < 4.78 is 0. The lowest BCUT2D eigenvalue weighted by Crippen LogP contribution is -2.45. The maximum Gasteiger partial charge on any atom is 0.263 e. The Morgan fingerprint density at radius 2 is 1.65 bits per heavy atom. The number of anilines is 1. The molecule has 2 amide bonds. The van der Waals surface area contributed by atoms with Gasteiger partial charge in [0.25, 0.3) is 5.91 Å². The smallest absolute Gasteiger partial charge is 0.263 e. The Bertz CT molecular complexity index is 852. The largest absolute Gasteiger partial charge is 0.338 e. The first kappa shape index (κ1) is 22.0. The van der Waals surface area contributed by atoms with Gasteiger partial charge in [0.15, 0.2) is 0 Å². The lowest BCUT2D eigenvalue weighted by Gasteiger charge is -2.34. The summed E-state index contributed by atoms with van der Waals surface area (Å²) in [5.74, 6) is 0.106. The SMILES string of the molecule is CCN1CCN(Cc2ccc(NC(=O)C3CCN(C(=O)c4cccs4)CC3)cc2)CC1. The van der Waals surface area contributed by atoms with Crippen LogP contribution in [0.5, 0.6) is 0 Å². The van der Waals surface area contributed by atoms with Crippen molar-refractivity contribution in [2.24, 2.45) is 5.92 Å². The van der Waals surface area contributed by atoms with E-state index in [2.05, 4.69) is 34.2 Å². The van der Waals surface area contributed by atoms with Crippen LogP contribution in [-0.4, -0.2) is 72.3 Å². The van der Waals surface area contributed by atoms with E-state index in [-0.39, 0.29) is 17.7 Å². The minimum atomic E-state index is -0.0399. The molecule has 0 spiro atoms. The van der Waals surface area contributed by atoms with Gasteiger partial charge in [-0.1, -0.05) is 25.1 Å². The van der Waals surface area contributed by atoms with Crippen molar-refractivity contribution in [1.82, 2.24) is 14.7 Å². The number of thiophene rings is 1. The van der Waals surface area contributed by atoms with E-state index >= 15 is 0 Å². The fourth-order valence-electron chi connectivity index (χ4n) is 4.36. The number of piperidine rings is 1. The molecular formula is C24H32N4O2S. The molecular weight excluding hydrogens is 408 g/mol. The molecule has 2 saturated heterocycles. The number of nitrogens with zero attached hydrogens (tertiary/aromatic N) is 3. The number of piperazine rings is 1. The number of likely N-dealkylation sites (N-methyl/N-ethyl adjacent to an activating group) is 1. The van der Waals surface area contributed by atoms with Crippen molar-refractivity contribution in [3.63, 3.8) is 0 Å². The van der Waals surface area contributed by atoms with Crippen LogP contribution in [0.3, 0.4) is 0 Å². The Balaban J connectivity index is 1.22. The molecule has 1 N–H and O–H groups in total. The topological polar surface area (TPSA) is 55.9 Å². The zero-order valence-electron chi connectivity index (χ0n) is 18.3. The molecule has 2 aliphatic rings. The Hall–Kier alpha value is -2.22. The van der Waals surface area contributed by atoms with Crippen LogP contribution < -0.4 is 5.32 Å². The van der Waals surface area contributed by atoms with Gasteiger partial charge in [-0.25, -0.2) is 0 Å². The standard InChI is InChI=1S/C24H32N4O2S/c1-2-26-13-15-27(16-14-26)18-19-5-7-21(8-6-19)25-23(29)20-9-11-28(12-10-20)24(30)22-4-3-17-31-22/h3-8,17,20H,2,9-16,18H2,1H3,(H,25,29). The van der Waals surface area contributed by atoms with Crippen LogP contribution in [-0.2, 0) is 11.3 Å². The van der Waals surface area contributed by atoms with Gasteiger partial charge in [0, 0.05) is 57.4 Å². The second kappa shape index (κ2) is 10.4. The molecule has 1 aromatic carbocycles. The number of hydrogen-bond donors (Lipinski definition) is 1. The van der Waals surface area contributed by atoms with Crippen LogP contribution in [0.1, 0.15) is 35.0 Å². The number of carbonyl (C=O) groups is 2. The highest BCUT2D eigenvalue weighted by Crippen LogP contribution is 2.22. The Morgan fingerprint density at radius 3 is 2.26 bits per heavy atom. The first-order chi connectivity index (χ1) is 15.1.